The lowest BCUT2D eigenvalue weighted by molar-refractivity contribution is -0.122. The average Bonchev–Trinajstić information content (AvgIpc) is 3.69. The van der Waals surface area contributed by atoms with E-state index in [1.54, 1.807) is 16.8 Å². The first-order valence-corrected chi connectivity index (χ1v) is 12.6. The quantitative estimate of drug-likeness (QED) is 0.405. The van der Waals surface area contributed by atoms with Crippen molar-refractivity contribution in [2.75, 3.05) is 18.4 Å². The minimum absolute atomic E-state index is 0.0674. The van der Waals surface area contributed by atoms with Crippen LogP contribution in [0.3, 0.4) is 0 Å². The first-order valence-electron chi connectivity index (χ1n) is 12.6. The number of aryl methyl sites for hydroxylation is 1. The van der Waals surface area contributed by atoms with E-state index in [2.05, 4.69) is 15.7 Å². The van der Waals surface area contributed by atoms with Crippen molar-refractivity contribution < 1.29 is 13.6 Å². The zero-order valence-corrected chi connectivity index (χ0v) is 20.7. The predicted octanol–water partition coefficient (Wildman–Crippen LogP) is 3.92. The number of fused-ring (bicyclic) bond motifs is 1. The number of hydrogen-bond donors (Lipinski definition) is 2. The first kappa shape index (κ1) is 24.0. The molecule has 1 aliphatic carbocycles. The molecule has 10 heteroatoms. The van der Waals surface area contributed by atoms with E-state index in [1.807, 2.05) is 25.1 Å². The number of rotatable bonds is 6. The van der Waals surface area contributed by atoms with Gasteiger partial charge < -0.3 is 10.6 Å². The maximum absolute atomic E-state index is 15.0. The van der Waals surface area contributed by atoms with Crippen molar-refractivity contribution in [3.63, 3.8) is 0 Å². The molecule has 2 N–H and O–H groups in total. The summed E-state index contributed by atoms with van der Waals surface area (Å²) >= 11 is 0. The van der Waals surface area contributed by atoms with Crippen LogP contribution >= 0.6 is 0 Å². The molecule has 0 bridgehead atoms. The van der Waals surface area contributed by atoms with Crippen LogP contribution in [-0.2, 0) is 11.3 Å². The molecule has 1 saturated carbocycles. The molecule has 8 nitrogen and oxygen atoms in total. The van der Waals surface area contributed by atoms with Gasteiger partial charge in [-0.05, 0) is 49.6 Å². The highest BCUT2D eigenvalue weighted by Crippen LogP contribution is 2.39. The predicted molar refractivity (Wildman–Crippen MR) is 139 cm³/mol. The number of carbonyl (C=O) groups is 1. The van der Waals surface area contributed by atoms with Crippen LogP contribution in [0.5, 0.6) is 0 Å². The lowest BCUT2D eigenvalue weighted by Crippen LogP contribution is -2.38. The van der Waals surface area contributed by atoms with Crippen molar-refractivity contribution in [1.29, 1.82) is 0 Å². The van der Waals surface area contributed by atoms with Gasteiger partial charge in [0.15, 0.2) is 0 Å². The summed E-state index contributed by atoms with van der Waals surface area (Å²) in [6.07, 6.45) is 1.87. The molecule has 3 heterocycles. The Morgan fingerprint density at radius 1 is 1.11 bits per heavy atom. The Morgan fingerprint density at radius 2 is 1.92 bits per heavy atom. The molecular weight excluding hydrogens is 490 g/mol. The summed E-state index contributed by atoms with van der Waals surface area (Å²) < 4.78 is 31.8. The van der Waals surface area contributed by atoms with Crippen molar-refractivity contribution in [3.05, 3.63) is 82.1 Å². The number of aromatic nitrogens is 4. The Bertz CT molecular complexity index is 1610. The van der Waals surface area contributed by atoms with E-state index >= 15 is 0 Å². The molecule has 1 fully saturated rings. The van der Waals surface area contributed by atoms with Gasteiger partial charge in [0.2, 0.25) is 5.91 Å². The van der Waals surface area contributed by atoms with Crippen LogP contribution in [0.2, 0.25) is 0 Å². The molecule has 0 saturated heterocycles. The lowest BCUT2D eigenvalue weighted by Gasteiger charge is -2.25. The number of hydrogen-bond acceptors (Lipinski definition) is 5. The molecule has 0 radical (unpaired) electrons. The fourth-order valence-electron chi connectivity index (χ4n) is 4.83. The molecule has 0 spiro atoms. The van der Waals surface area contributed by atoms with Gasteiger partial charge in [-0.3, -0.25) is 9.59 Å². The van der Waals surface area contributed by atoms with E-state index in [1.165, 1.54) is 22.9 Å². The van der Waals surface area contributed by atoms with E-state index < -0.39 is 11.6 Å². The number of benzene rings is 2. The highest BCUT2D eigenvalue weighted by molar-refractivity contribution is 5.88. The molecule has 1 atom stereocenters. The van der Waals surface area contributed by atoms with Crippen molar-refractivity contribution in [2.24, 2.45) is 11.8 Å². The molecule has 1 unspecified atom stereocenters. The lowest BCUT2D eigenvalue weighted by atomic mass is 10.0. The number of nitrogens with zero attached hydrogens (tertiary/aromatic N) is 4. The van der Waals surface area contributed by atoms with Crippen LogP contribution < -0.4 is 16.2 Å². The standard InChI is InChI=1S/C28H26F2N6O2/c1-16-4-2-3-5-23(16)36-24(37)11-10-22(33-36)25-26(20-9-8-19(29)12-21(20)30)34-35-15-17(13-31-27(25)35)14-32-28(38)18-6-7-18/h2-5,8-12,17-18,31H,6-7,13-15H2,1H3,(H,32,38). The minimum atomic E-state index is -0.748. The van der Waals surface area contributed by atoms with Gasteiger partial charge in [0.1, 0.15) is 23.1 Å². The fraction of sp³-hybridized carbons (Fsp3) is 0.286. The van der Waals surface area contributed by atoms with Crippen molar-refractivity contribution >= 4 is 11.7 Å². The normalized spacial score (nSPS) is 16.6. The highest BCUT2D eigenvalue weighted by atomic mass is 19.1. The number of para-hydroxylation sites is 1. The van der Waals surface area contributed by atoms with E-state index in [0.717, 1.165) is 24.5 Å². The monoisotopic (exact) mass is 516 g/mol. The molecule has 38 heavy (non-hydrogen) atoms. The van der Waals surface area contributed by atoms with Crippen molar-refractivity contribution in [2.45, 2.75) is 26.3 Å². The van der Waals surface area contributed by atoms with Crippen LogP contribution in [0.4, 0.5) is 14.6 Å². The van der Waals surface area contributed by atoms with Crippen LogP contribution in [0.15, 0.2) is 59.4 Å². The van der Waals surface area contributed by atoms with Crippen LogP contribution in [0.1, 0.15) is 18.4 Å². The number of nitrogens with one attached hydrogen (secondary N) is 2. The Hall–Kier alpha value is -4.34. The average molecular weight is 517 g/mol. The van der Waals surface area contributed by atoms with E-state index in [0.29, 0.717) is 42.4 Å². The topological polar surface area (TPSA) is 93.8 Å². The van der Waals surface area contributed by atoms with Gasteiger partial charge in [-0.2, -0.15) is 14.9 Å². The highest BCUT2D eigenvalue weighted by Gasteiger charge is 2.32. The smallest absolute Gasteiger partial charge is 0.271 e. The summed E-state index contributed by atoms with van der Waals surface area (Å²) in [6.45, 7) is 3.43. The van der Waals surface area contributed by atoms with Crippen molar-refractivity contribution in [3.8, 4) is 28.2 Å². The molecular formula is C28H26F2N6O2. The van der Waals surface area contributed by atoms with E-state index in [-0.39, 0.29) is 34.6 Å². The number of carbonyl (C=O) groups excluding carboxylic acids is 1. The molecule has 2 aromatic heterocycles. The van der Waals surface area contributed by atoms with E-state index in [4.69, 9.17) is 5.10 Å². The first-order chi connectivity index (χ1) is 18.4. The summed E-state index contributed by atoms with van der Waals surface area (Å²) in [4.78, 5) is 24.9. The SMILES string of the molecule is Cc1ccccc1-n1nc(-c2c(-c3ccc(F)cc3F)nn3c2NCC(CNC(=O)C2CC2)C3)ccc1=O. The zero-order valence-electron chi connectivity index (χ0n) is 20.7. The third kappa shape index (κ3) is 4.46. The number of amides is 1. The third-order valence-corrected chi connectivity index (χ3v) is 7.04. The number of anilines is 1. The Labute approximate surface area is 217 Å². The summed E-state index contributed by atoms with van der Waals surface area (Å²) in [7, 11) is 0. The summed E-state index contributed by atoms with van der Waals surface area (Å²) in [5.41, 5.74) is 2.54. The van der Waals surface area contributed by atoms with Crippen LogP contribution in [-0.4, -0.2) is 38.6 Å². The van der Waals surface area contributed by atoms with Gasteiger partial charge in [-0.25, -0.2) is 13.5 Å². The number of halogens is 2. The Kier molecular flexibility index (Phi) is 6.01. The minimum Gasteiger partial charge on any atom is -0.369 e. The maximum atomic E-state index is 15.0. The second kappa shape index (κ2) is 9.51. The Balaban J connectivity index is 1.44. The van der Waals surface area contributed by atoms with Gasteiger partial charge >= 0.3 is 0 Å². The molecule has 4 aromatic rings. The van der Waals surface area contributed by atoms with Gasteiger partial charge in [-0.1, -0.05) is 18.2 Å². The summed E-state index contributed by atoms with van der Waals surface area (Å²) in [5, 5.41) is 15.7. The maximum Gasteiger partial charge on any atom is 0.271 e. The second-order valence-electron chi connectivity index (χ2n) is 9.90. The largest absolute Gasteiger partial charge is 0.369 e. The fourth-order valence-corrected chi connectivity index (χ4v) is 4.83. The van der Waals surface area contributed by atoms with Gasteiger partial charge in [0.05, 0.1) is 16.9 Å². The van der Waals surface area contributed by atoms with Gasteiger partial charge in [0.25, 0.3) is 5.56 Å². The van der Waals surface area contributed by atoms with Crippen LogP contribution in [0, 0.1) is 30.4 Å². The van der Waals surface area contributed by atoms with Crippen molar-refractivity contribution in [1.82, 2.24) is 24.9 Å². The summed E-state index contributed by atoms with van der Waals surface area (Å²) in [5.74, 6) is -0.543. The molecule has 1 amide bonds. The Morgan fingerprint density at radius 3 is 2.68 bits per heavy atom. The van der Waals surface area contributed by atoms with Crippen LogP contribution in [0.25, 0.3) is 28.2 Å². The molecule has 2 aromatic carbocycles. The van der Waals surface area contributed by atoms with Gasteiger partial charge in [0, 0.05) is 49.2 Å². The van der Waals surface area contributed by atoms with Gasteiger partial charge in [-0.15, -0.1) is 0 Å². The molecule has 1 aliphatic heterocycles. The van der Waals surface area contributed by atoms with E-state index in [9.17, 15) is 18.4 Å². The second-order valence-corrected chi connectivity index (χ2v) is 9.90. The third-order valence-electron chi connectivity index (χ3n) is 7.04. The molecule has 2 aliphatic rings. The molecule has 6 rings (SSSR count). The summed E-state index contributed by atoms with van der Waals surface area (Å²) in [6, 6.07) is 13.8. The molecule has 194 valence electrons. The zero-order chi connectivity index (χ0) is 26.4.